The minimum atomic E-state index is -0.896. The molecule has 2 aromatic rings. The van der Waals surface area contributed by atoms with Crippen molar-refractivity contribution in [2.24, 2.45) is 12.8 Å². The molecule has 2 N–H and O–H groups in total. The van der Waals surface area contributed by atoms with Crippen LogP contribution in [0.3, 0.4) is 0 Å². The lowest BCUT2D eigenvalue weighted by atomic mass is 9.97. The highest BCUT2D eigenvalue weighted by Gasteiger charge is 2.22. The standard InChI is InChI=1S/C13H15F2N3/c1-7-11(8(2)18(3)17-7)13(16)9-5-4-6-10(14)12(9)15/h4-6,13H,16H2,1-3H3. The van der Waals surface area contributed by atoms with E-state index in [4.69, 9.17) is 5.73 Å². The van der Waals surface area contributed by atoms with Crippen molar-refractivity contribution in [2.45, 2.75) is 19.9 Å². The predicted octanol–water partition coefficient (Wildman–Crippen LogP) is 2.36. The lowest BCUT2D eigenvalue weighted by molar-refractivity contribution is 0.494. The highest BCUT2D eigenvalue weighted by molar-refractivity contribution is 5.37. The Labute approximate surface area is 104 Å². The van der Waals surface area contributed by atoms with E-state index in [9.17, 15) is 8.78 Å². The maximum Gasteiger partial charge on any atom is 0.163 e. The third-order valence-corrected chi connectivity index (χ3v) is 3.19. The van der Waals surface area contributed by atoms with Crippen LogP contribution in [0.15, 0.2) is 18.2 Å². The fraction of sp³-hybridized carbons (Fsp3) is 0.308. The first-order valence-electron chi connectivity index (χ1n) is 5.63. The van der Waals surface area contributed by atoms with E-state index in [1.54, 1.807) is 18.7 Å². The molecule has 0 fully saturated rings. The first kappa shape index (κ1) is 12.7. The second-order valence-electron chi connectivity index (χ2n) is 4.33. The van der Waals surface area contributed by atoms with Crippen molar-refractivity contribution in [3.8, 4) is 0 Å². The van der Waals surface area contributed by atoms with Gasteiger partial charge in [0.1, 0.15) is 0 Å². The minimum Gasteiger partial charge on any atom is -0.320 e. The first-order valence-corrected chi connectivity index (χ1v) is 5.63. The van der Waals surface area contributed by atoms with Gasteiger partial charge in [-0.2, -0.15) is 5.10 Å². The average molecular weight is 251 g/mol. The van der Waals surface area contributed by atoms with Crippen molar-refractivity contribution in [1.29, 1.82) is 0 Å². The van der Waals surface area contributed by atoms with E-state index in [2.05, 4.69) is 5.10 Å². The van der Waals surface area contributed by atoms with Crippen molar-refractivity contribution < 1.29 is 8.78 Å². The molecule has 1 atom stereocenters. The van der Waals surface area contributed by atoms with Gasteiger partial charge in [0.05, 0.1) is 11.7 Å². The molecule has 0 aliphatic rings. The summed E-state index contributed by atoms with van der Waals surface area (Å²) in [5, 5.41) is 4.23. The van der Waals surface area contributed by atoms with E-state index in [0.717, 1.165) is 23.0 Å². The lowest BCUT2D eigenvalue weighted by Gasteiger charge is -2.14. The van der Waals surface area contributed by atoms with E-state index < -0.39 is 17.7 Å². The third kappa shape index (κ3) is 1.90. The van der Waals surface area contributed by atoms with Gasteiger partial charge in [-0.25, -0.2) is 8.78 Å². The summed E-state index contributed by atoms with van der Waals surface area (Å²) in [5.74, 6) is -1.78. The second-order valence-corrected chi connectivity index (χ2v) is 4.33. The normalized spacial score (nSPS) is 12.8. The van der Waals surface area contributed by atoms with Crippen LogP contribution >= 0.6 is 0 Å². The van der Waals surface area contributed by atoms with Gasteiger partial charge in [0.25, 0.3) is 0 Å². The van der Waals surface area contributed by atoms with E-state index in [-0.39, 0.29) is 5.56 Å². The van der Waals surface area contributed by atoms with Gasteiger partial charge in [0.2, 0.25) is 0 Å². The average Bonchev–Trinajstić information content (AvgIpc) is 2.56. The summed E-state index contributed by atoms with van der Waals surface area (Å²) < 4.78 is 28.6. The molecule has 1 aromatic heterocycles. The van der Waals surface area contributed by atoms with Gasteiger partial charge in [-0.1, -0.05) is 12.1 Å². The summed E-state index contributed by atoms with van der Waals surface area (Å²) in [6, 6.07) is 3.31. The Kier molecular flexibility index (Phi) is 3.17. The van der Waals surface area contributed by atoms with Crippen LogP contribution in [0.1, 0.15) is 28.6 Å². The second kappa shape index (κ2) is 4.49. The Hall–Kier alpha value is -1.75. The molecule has 3 nitrogen and oxygen atoms in total. The van der Waals surface area contributed by atoms with Gasteiger partial charge < -0.3 is 5.73 Å². The van der Waals surface area contributed by atoms with Crippen LogP contribution in [0.25, 0.3) is 0 Å². The molecule has 0 saturated heterocycles. The Morgan fingerprint density at radius 3 is 2.50 bits per heavy atom. The molecular weight excluding hydrogens is 236 g/mol. The number of hydrogen-bond acceptors (Lipinski definition) is 2. The Balaban J connectivity index is 2.54. The van der Waals surface area contributed by atoms with Crippen molar-refractivity contribution in [3.05, 3.63) is 52.3 Å². The lowest BCUT2D eigenvalue weighted by Crippen LogP contribution is -2.16. The molecule has 96 valence electrons. The van der Waals surface area contributed by atoms with Crippen LogP contribution in [0, 0.1) is 25.5 Å². The number of benzene rings is 1. The monoisotopic (exact) mass is 251 g/mol. The van der Waals surface area contributed by atoms with E-state index in [1.165, 1.54) is 12.1 Å². The van der Waals surface area contributed by atoms with Crippen LogP contribution in [-0.4, -0.2) is 9.78 Å². The summed E-state index contributed by atoms with van der Waals surface area (Å²) in [6.45, 7) is 3.66. The number of hydrogen-bond donors (Lipinski definition) is 1. The largest absolute Gasteiger partial charge is 0.320 e. The number of aromatic nitrogens is 2. The highest BCUT2D eigenvalue weighted by atomic mass is 19.2. The van der Waals surface area contributed by atoms with Crippen molar-refractivity contribution in [2.75, 3.05) is 0 Å². The van der Waals surface area contributed by atoms with Crippen LogP contribution in [-0.2, 0) is 7.05 Å². The molecule has 1 unspecified atom stereocenters. The molecule has 1 aromatic carbocycles. The molecule has 0 bridgehead atoms. The summed E-state index contributed by atoms with van der Waals surface area (Å²) in [5.41, 5.74) is 8.50. The zero-order valence-electron chi connectivity index (χ0n) is 10.5. The van der Waals surface area contributed by atoms with E-state index in [1.807, 2.05) is 6.92 Å². The predicted molar refractivity (Wildman–Crippen MR) is 65.1 cm³/mol. The fourth-order valence-electron chi connectivity index (χ4n) is 2.16. The van der Waals surface area contributed by atoms with Gasteiger partial charge in [-0.15, -0.1) is 0 Å². The topological polar surface area (TPSA) is 43.8 Å². The first-order chi connectivity index (χ1) is 8.43. The van der Waals surface area contributed by atoms with Crippen LogP contribution in [0.5, 0.6) is 0 Å². The molecular formula is C13H15F2N3. The zero-order valence-corrected chi connectivity index (χ0v) is 10.5. The van der Waals surface area contributed by atoms with Crippen molar-refractivity contribution >= 4 is 0 Å². The molecule has 0 radical (unpaired) electrons. The number of halogens is 2. The molecule has 0 spiro atoms. The van der Waals surface area contributed by atoms with Gasteiger partial charge in [0, 0.05) is 23.9 Å². The Morgan fingerprint density at radius 1 is 1.28 bits per heavy atom. The molecule has 5 heteroatoms. The SMILES string of the molecule is Cc1nn(C)c(C)c1C(N)c1cccc(F)c1F. The molecule has 0 aliphatic carbocycles. The van der Waals surface area contributed by atoms with Gasteiger partial charge in [-0.3, -0.25) is 4.68 Å². The molecule has 0 amide bonds. The molecule has 0 aliphatic heterocycles. The quantitative estimate of drug-likeness (QED) is 0.890. The van der Waals surface area contributed by atoms with Crippen molar-refractivity contribution in [1.82, 2.24) is 9.78 Å². The smallest absolute Gasteiger partial charge is 0.163 e. The molecule has 18 heavy (non-hydrogen) atoms. The van der Waals surface area contributed by atoms with Gasteiger partial charge >= 0.3 is 0 Å². The molecule has 1 heterocycles. The summed E-state index contributed by atoms with van der Waals surface area (Å²) >= 11 is 0. The Bertz CT molecular complexity index is 590. The van der Waals surface area contributed by atoms with Crippen LogP contribution in [0.4, 0.5) is 8.78 Å². The zero-order chi connectivity index (χ0) is 13.4. The minimum absolute atomic E-state index is 0.147. The Morgan fingerprint density at radius 2 is 1.94 bits per heavy atom. The van der Waals surface area contributed by atoms with Gasteiger partial charge in [0.15, 0.2) is 11.6 Å². The maximum atomic E-state index is 13.7. The summed E-state index contributed by atoms with van der Waals surface area (Å²) in [6.07, 6.45) is 0. The number of aryl methyl sites for hydroxylation is 2. The highest BCUT2D eigenvalue weighted by Crippen LogP contribution is 2.27. The summed E-state index contributed by atoms with van der Waals surface area (Å²) in [4.78, 5) is 0. The number of nitrogens with two attached hydrogens (primary N) is 1. The number of nitrogens with zero attached hydrogens (tertiary/aromatic N) is 2. The van der Waals surface area contributed by atoms with Crippen molar-refractivity contribution in [3.63, 3.8) is 0 Å². The molecule has 2 rings (SSSR count). The van der Waals surface area contributed by atoms with Crippen LogP contribution in [0.2, 0.25) is 0 Å². The maximum absolute atomic E-state index is 13.7. The van der Waals surface area contributed by atoms with Crippen LogP contribution < -0.4 is 5.73 Å². The van der Waals surface area contributed by atoms with E-state index >= 15 is 0 Å². The van der Waals surface area contributed by atoms with E-state index in [0.29, 0.717) is 0 Å². The third-order valence-electron chi connectivity index (χ3n) is 3.19. The number of rotatable bonds is 2. The molecule has 0 saturated carbocycles. The van der Waals surface area contributed by atoms with Gasteiger partial charge in [-0.05, 0) is 19.9 Å². The summed E-state index contributed by atoms with van der Waals surface area (Å²) in [7, 11) is 1.79. The fourth-order valence-corrected chi connectivity index (χ4v) is 2.16.